The summed E-state index contributed by atoms with van der Waals surface area (Å²) in [6.07, 6.45) is 0. The van der Waals surface area contributed by atoms with Gasteiger partial charge >= 0.3 is 0 Å². The molecule has 0 radical (unpaired) electrons. The largest absolute Gasteiger partial charge is 0.458 e. The summed E-state index contributed by atoms with van der Waals surface area (Å²) in [5, 5.41) is 7.21. The van der Waals surface area contributed by atoms with Gasteiger partial charge < -0.3 is 27.9 Å². The van der Waals surface area contributed by atoms with Crippen LogP contribution in [0, 0.1) is 0 Å². The van der Waals surface area contributed by atoms with Gasteiger partial charge in [0.15, 0.2) is 0 Å². The molecule has 0 bridgehead atoms. The Morgan fingerprint density at radius 3 is 0.672 bits per heavy atom. The van der Waals surface area contributed by atoms with Crippen molar-refractivity contribution in [2.24, 2.45) is 0 Å². The van der Waals surface area contributed by atoms with Crippen molar-refractivity contribution in [1.29, 1.82) is 0 Å². The molecule has 9 aromatic carbocycles. The lowest BCUT2D eigenvalue weighted by Crippen LogP contribution is -2.59. The van der Waals surface area contributed by atoms with Gasteiger partial charge in [-0.15, -0.1) is 0 Å². The Morgan fingerprint density at radius 2 is 0.459 bits per heavy atom. The zero-order valence-corrected chi connectivity index (χ0v) is 32.5. The minimum atomic E-state index is -0.164. The van der Waals surface area contributed by atoms with E-state index >= 15 is 0 Å². The molecule has 0 spiro atoms. The maximum absolute atomic E-state index is 7.16. The van der Waals surface area contributed by atoms with Crippen molar-refractivity contribution >= 4 is 88.5 Å². The number of aromatic nitrogens is 3. The molecular weight excluding hydrogens is 749 g/mol. The molecule has 0 unspecified atom stereocenters. The van der Waals surface area contributed by atoms with Gasteiger partial charge in [0.05, 0.1) is 50.2 Å². The van der Waals surface area contributed by atoms with Gasteiger partial charge in [-0.05, 0) is 36.4 Å². The molecule has 6 nitrogen and oxygen atoms in total. The van der Waals surface area contributed by atoms with Crippen LogP contribution in [0.2, 0.25) is 0 Å². The molecule has 282 valence electrons. The number of hydrogen-bond acceptors (Lipinski definition) is 3. The summed E-state index contributed by atoms with van der Waals surface area (Å²) in [6, 6.07) is 64.9. The fraction of sp³-hybridized carbons (Fsp3) is 0. The van der Waals surface area contributed by atoms with Crippen LogP contribution in [-0.2, 0) is 0 Å². The summed E-state index contributed by atoms with van der Waals surface area (Å²) in [6.45, 7) is -0.164. The summed E-state index contributed by atoms with van der Waals surface area (Å²) in [5.41, 5.74) is 12.7. The van der Waals surface area contributed by atoms with Gasteiger partial charge in [-0.1, -0.05) is 109 Å². The topological polar surface area (TPSA) is 42.5 Å². The normalized spacial score (nSPS) is 13.3. The molecule has 61 heavy (non-hydrogen) atoms. The first-order valence-corrected chi connectivity index (χ1v) is 20.8. The van der Waals surface area contributed by atoms with Crippen LogP contribution in [0.4, 0.5) is 0 Å². The summed E-state index contributed by atoms with van der Waals surface area (Å²) in [5.74, 6) is 4.68. The Labute approximate surface area is 348 Å². The number of fused-ring (bicyclic) bond motifs is 9. The second-order valence-corrected chi connectivity index (χ2v) is 16.4. The van der Waals surface area contributed by atoms with Crippen LogP contribution in [-0.4, -0.2) is 20.4 Å². The van der Waals surface area contributed by atoms with Gasteiger partial charge in [0.1, 0.15) is 34.5 Å². The number of para-hydroxylation sites is 6. The zero-order valence-electron chi connectivity index (χ0n) is 32.5. The lowest BCUT2D eigenvalue weighted by atomic mass is 9.34. The lowest BCUT2D eigenvalue weighted by molar-refractivity contribution is 0.442. The van der Waals surface area contributed by atoms with Crippen molar-refractivity contribution in [3.05, 3.63) is 182 Å². The zero-order chi connectivity index (χ0) is 39.5. The van der Waals surface area contributed by atoms with Crippen LogP contribution < -0.4 is 30.6 Å². The van der Waals surface area contributed by atoms with Crippen LogP contribution in [0.1, 0.15) is 0 Å². The molecule has 0 atom stereocenters. The predicted molar refractivity (Wildman–Crippen MR) is 247 cm³/mol. The molecule has 6 heterocycles. The maximum Gasteiger partial charge on any atom is 0.270 e. The summed E-state index contributed by atoms with van der Waals surface area (Å²) in [7, 11) is 0. The SMILES string of the molecule is c1ccc2c(c1)c1ccccc1n2-c1cc2c3c(c1)Oc1cc(-n4c5ccccc5c5ccccc54)cc4c1B3c1c(cc(-n3c5ccccc5c5ccccc53)cc1O4)O2. The van der Waals surface area contributed by atoms with Crippen molar-refractivity contribution in [1.82, 2.24) is 13.7 Å². The second-order valence-electron chi connectivity index (χ2n) is 16.4. The van der Waals surface area contributed by atoms with E-state index in [9.17, 15) is 0 Å². The second kappa shape index (κ2) is 11.3. The first-order valence-electron chi connectivity index (χ1n) is 20.8. The summed E-state index contributed by atoms with van der Waals surface area (Å²) >= 11 is 0. The van der Waals surface area contributed by atoms with E-state index < -0.39 is 0 Å². The lowest BCUT2D eigenvalue weighted by Gasteiger charge is -2.38. The Morgan fingerprint density at radius 1 is 0.262 bits per heavy atom. The molecule has 7 heteroatoms. The number of hydrogen-bond donors (Lipinski definition) is 0. The molecule has 3 aliphatic heterocycles. The Kier molecular flexibility index (Phi) is 5.90. The monoisotopic (exact) mass is 779 g/mol. The van der Waals surface area contributed by atoms with Gasteiger partial charge in [0.25, 0.3) is 6.71 Å². The predicted octanol–water partition coefficient (Wildman–Crippen LogP) is 11.8. The van der Waals surface area contributed by atoms with Crippen LogP contribution in [0.25, 0.3) is 82.5 Å². The highest BCUT2D eigenvalue weighted by molar-refractivity contribution is 6.99. The van der Waals surface area contributed by atoms with E-state index in [0.29, 0.717) is 0 Å². The molecule has 3 aromatic heterocycles. The third kappa shape index (κ3) is 4.07. The van der Waals surface area contributed by atoms with Crippen LogP contribution in [0.5, 0.6) is 34.5 Å². The Balaban J connectivity index is 1.03. The van der Waals surface area contributed by atoms with E-state index in [4.69, 9.17) is 14.2 Å². The van der Waals surface area contributed by atoms with Crippen molar-refractivity contribution in [2.75, 3.05) is 0 Å². The minimum absolute atomic E-state index is 0.164. The van der Waals surface area contributed by atoms with Gasteiger partial charge in [0.2, 0.25) is 0 Å². The maximum atomic E-state index is 7.16. The standard InChI is InChI=1S/C54H30BN3O3/c1-7-19-40-34(13-1)35-14-2-8-20-41(35)56(40)31-25-46-52-47(26-31)60-49-28-33(58-44-23-11-5-17-38(44)39-18-6-12-24-45(39)58)30-51-54(49)55(52)53-48(59-46)27-32(29-50(53)61-51)57-42-21-9-3-15-36(42)37-16-4-10-22-43(37)57/h1-30H. The summed E-state index contributed by atoms with van der Waals surface area (Å²) in [4.78, 5) is 0. The third-order valence-corrected chi connectivity index (χ3v) is 13.3. The van der Waals surface area contributed by atoms with Gasteiger partial charge in [-0.3, -0.25) is 0 Å². The first kappa shape index (κ1) is 31.8. The first-order chi connectivity index (χ1) is 30.2. The number of rotatable bonds is 3. The smallest absolute Gasteiger partial charge is 0.270 e. The van der Waals surface area contributed by atoms with E-state index in [-0.39, 0.29) is 6.71 Å². The molecular formula is C54H30BN3O3. The highest BCUT2D eigenvalue weighted by atomic mass is 16.5. The molecule has 3 aliphatic rings. The van der Waals surface area contributed by atoms with E-state index in [1.807, 2.05) is 0 Å². The molecule has 0 saturated carbocycles. The van der Waals surface area contributed by atoms with E-state index in [0.717, 1.165) is 101 Å². The molecule has 0 fully saturated rings. The highest BCUT2D eigenvalue weighted by Crippen LogP contribution is 2.47. The van der Waals surface area contributed by atoms with Gasteiger partial charge in [0, 0.05) is 85.1 Å². The van der Waals surface area contributed by atoms with Crippen molar-refractivity contribution < 1.29 is 14.2 Å². The number of benzene rings is 9. The average molecular weight is 780 g/mol. The Hall–Kier alpha value is -8.16. The molecule has 15 rings (SSSR count). The molecule has 0 aliphatic carbocycles. The third-order valence-electron chi connectivity index (χ3n) is 13.3. The molecule has 12 aromatic rings. The van der Waals surface area contributed by atoms with Crippen LogP contribution >= 0.6 is 0 Å². The molecule has 0 amide bonds. The van der Waals surface area contributed by atoms with E-state index in [2.05, 4.69) is 196 Å². The summed E-state index contributed by atoms with van der Waals surface area (Å²) < 4.78 is 28.5. The fourth-order valence-electron chi connectivity index (χ4n) is 10.9. The van der Waals surface area contributed by atoms with Crippen LogP contribution in [0.3, 0.4) is 0 Å². The quantitative estimate of drug-likeness (QED) is 0.168. The van der Waals surface area contributed by atoms with Crippen molar-refractivity contribution in [3.8, 4) is 51.6 Å². The Bertz CT molecular complexity index is 3310. The van der Waals surface area contributed by atoms with Crippen molar-refractivity contribution in [3.63, 3.8) is 0 Å². The molecule has 0 saturated heterocycles. The van der Waals surface area contributed by atoms with E-state index in [1.165, 1.54) is 32.3 Å². The van der Waals surface area contributed by atoms with Crippen molar-refractivity contribution in [2.45, 2.75) is 0 Å². The fourth-order valence-corrected chi connectivity index (χ4v) is 10.9. The van der Waals surface area contributed by atoms with E-state index in [1.54, 1.807) is 0 Å². The number of ether oxygens (including phenoxy) is 3. The number of nitrogens with zero attached hydrogens (tertiary/aromatic N) is 3. The average Bonchev–Trinajstić information content (AvgIpc) is 3.94. The van der Waals surface area contributed by atoms with Crippen LogP contribution in [0.15, 0.2) is 182 Å². The van der Waals surface area contributed by atoms with Gasteiger partial charge in [-0.2, -0.15) is 0 Å². The molecule has 0 N–H and O–H groups in total. The van der Waals surface area contributed by atoms with Gasteiger partial charge in [-0.25, -0.2) is 0 Å². The highest BCUT2D eigenvalue weighted by Gasteiger charge is 2.47. The minimum Gasteiger partial charge on any atom is -0.458 e.